The summed E-state index contributed by atoms with van der Waals surface area (Å²) in [5.74, 6) is 0. The third kappa shape index (κ3) is 3.24. The molecule has 0 spiro atoms. The largest absolute Gasteiger partial charge is 0.262 e. The van der Waals surface area contributed by atoms with Crippen LogP contribution in [-0.2, 0) is 10.0 Å². The molecule has 4 nitrogen and oxygen atoms in total. The molecule has 1 heterocycles. The Balaban J connectivity index is 2.36. The summed E-state index contributed by atoms with van der Waals surface area (Å²) in [5, 5.41) is 0. The third-order valence-electron chi connectivity index (χ3n) is 3.33. The number of sulfonamides is 1. The molecule has 1 aliphatic rings. The van der Waals surface area contributed by atoms with Crippen molar-refractivity contribution >= 4 is 26.0 Å². The van der Waals surface area contributed by atoms with Crippen LogP contribution in [0.15, 0.2) is 40.5 Å². The van der Waals surface area contributed by atoms with E-state index in [-0.39, 0.29) is 10.9 Å². The Morgan fingerprint density at radius 3 is 2.68 bits per heavy atom. The number of hydrogen-bond acceptors (Lipinski definition) is 3. The summed E-state index contributed by atoms with van der Waals surface area (Å²) >= 11 is 3.26. The lowest BCUT2D eigenvalue weighted by atomic mass is 10.2. The van der Waals surface area contributed by atoms with Crippen LogP contribution in [0.5, 0.6) is 0 Å². The van der Waals surface area contributed by atoms with Crippen LogP contribution in [0.25, 0.3) is 0 Å². The van der Waals surface area contributed by atoms with Gasteiger partial charge in [-0.05, 0) is 34.8 Å². The first-order valence-electron chi connectivity index (χ1n) is 6.29. The summed E-state index contributed by atoms with van der Waals surface area (Å²) in [6, 6.07) is 1.68. The Labute approximate surface area is 122 Å². The van der Waals surface area contributed by atoms with E-state index in [0.717, 1.165) is 25.7 Å². The molecular formula is C13H17BrN2O2S. The van der Waals surface area contributed by atoms with Crippen LogP contribution in [-0.4, -0.2) is 30.3 Å². The van der Waals surface area contributed by atoms with Crippen molar-refractivity contribution in [2.24, 2.45) is 0 Å². The summed E-state index contributed by atoms with van der Waals surface area (Å²) in [6.45, 7) is 4.01. The SMILES string of the molecule is C=CCN(C1CCCC1)S(=O)(=O)c1cncc(Br)c1. The number of pyridine rings is 1. The van der Waals surface area contributed by atoms with E-state index in [4.69, 9.17) is 0 Å². The minimum atomic E-state index is -3.50. The molecule has 0 radical (unpaired) electrons. The lowest BCUT2D eigenvalue weighted by Crippen LogP contribution is -2.38. The summed E-state index contributed by atoms with van der Waals surface area (Å²) in [7, 11) is -3.50. The van der Waals surface area contributed by atoms with Crippen molar-refractivity contribution in [3.8, 4) is 0 Å². The van der Waals surface area contributed by atoms with E-state index in [2.05, 4.69) is 27.5 Å². The Kier molecular flexibility index (Phi) is 4.76. The predicted molar refractivity (Wildman–Crippen MR) is 78.3 cm³/mol. The first-order chi connectivity index (χ1) is 9.05. The highest BCUT2D eigenvalue weighted by Crippen LogP contribution is 2.29. The summed E-state index contributed by atoms with van der Waals surface area (Å²) in [4.78, 5) is 4.17. The first-order valence-corrected chi connectivity index (χ1v) is 8.52. The van der Waals surface area contributed by atoms with E-state index < -0.39 is 10.0 Å². The van der Waals surface area contributed by atoms with Crippen molar-refractivity contribution in [1.82, 2.24) is 9.29 Å². The highest BCUT2D eigenvalue weighted by molar-refractivity contribution is 9.10. The van der Waals surface area contributed by atoms with Gasteiger partial charge in [0.05, 0.1) is 0 Å². The molecule has 0 bridgehead atoms. The van der Waals surface area contributed by atoms with Gasteiger partial charge in [-0.2, -0.15) is 4.31 Å². The first kappa shape index (κ1) is 14.7. The van der Waals surface area contributed by atoms with Crippen molar-refractivity contribution < 1.29 is 8.42 Å². The number of nitrogens with zero attached hydrogens (tertiary/aromatic N) is 2. The van der Waals surface area contributed by atoms with Gasteiger partial charge in [-0.15, -0.1) is 6.58 Å². The minimum absolute atomic E-state index is 0.0852. The maximum absolute atomic E-state index is 12.7. The van der Waals surface area contributed by atoms with Crippen LogP contribution in [0, 0.1) is 0 Å². The van der Waals surface area contributed by atoms with Crippen LogP contribution < -0.4 is 0 Å². The molecule has 19 heavy (non-hydrogen) atoms. The monoisotopic (exact) mass is 344 g/mol. The Morgan fingerprint density at radius 1 is 1.42 bits per heavy atom. The third-order valence-corrected chi connectivity index (χ3v) is 5.64. The van der Waals surface area contributed by atoms with Gasteiger partial charge in [0.2, 0.25) is 10.0 Å². The van der Waals surface area contributed by atoms with Gasteiger partial charge in [0, 0.05) is 29.5 Å². The molecule has 0 N–H and O–H groups in total. The average molecular weight is 345 g/mol. The van der Waals surface area contributed by atoms with Crippen molar-refractivity contribution in [3.05, 3.63) is 35.6 Å². The maximum atomic E-state index is 12.7. The molecule has 0 saturated heterocycles. The molecule has 2 rings (SSSR count). The lowest BCUT2D eigenvalue weighted by Gasteiger charge is -2.26. The number of rotatable bonds is 5. The molecule has 0 aromatic carbocycles. The highest BCUT2D eigenvalue weighted by Gasteiger charge is 2.32. The van der Waals surface area contributed by atoms with Crippen LogP contribution in [0.4, 0.5) is 0 Å². The van der Waals surface area contributed by atoms with Gasteiger partial charge >= 0.3 is 0 Å². The van der Waals surface area contributed by atoms with Crippen LogP contribution in [0.2, 0.25) is 0 Å². The second-order valence-electron chi connectivity index (χ2n) is 4.64. The topological polar surface area (TPSA) is 50.3 Å². The molecule has 1 aromatic rings. The fourth-order valence-corrected chi connectivity index (χ4v) is 4.59. The van der Waals surface area contributed by atoms with E-state index in [1.807, 2.05) is 0 Å². The minimum Gasteiger partial charge on any atom is -0.262 e. The van der Waals surface area contributed by atoms with E-state index in [1.165, 1.54) is 6.20 Å². The van der Waals surface area contributed by atoms with Gasteiger partial charge in [-0.25, -0.2) is 8.42 Å². The predicted octanol–water partition coefficient (Wildman–Crippen LogP) is 2.96. The molecular weight excluding hydrogens is 328 g/mol. The molecule has 1 saturated carbocycles. The summed E-state index contributed by atoms with van der Waals surface area (Å²) in [6.07, 6.45) is 8.64. The number of halogens is 1. The van der Waals surface area contributed by atoms with Crippen molar-refractivity contribution in [3.63, 3.8) is 0 Å². The van der Waals surface area contributed by atoms with Gasteiger partial charge in [0.25, 0.3) is 0 Å². The summed E-state index contributed by atoms with van der Waals surface area (Å²) in [5.41, 5.74) is 0. The second-order valence-corrected chi connectivity index (χ2v) is 7.45. The van der Waals surface area contributed by atoms with E-state index >= 15 is 0 Å². The molecule has 104 valence electrons. The molecule has 0 atom stereocenters. The van der Waals surface area contributed by atoms with Gasteiger partial charge in [0.1, 0.15) is 4.90 Å². The zero-order chi connectivity index (χ0) is 13.9. The number of hydrogen-bond donors (Lipinski definition) is 0. The van der Waals surface area contributed by atoms with Crippen LogP contribution >= 0.6 is 15.9 Å². The summed E-state index contributed by atoms with van der Waals surface area (Å²) < 4.78 is 27.6. The van der Waals surface area contributed by atoms with Crippen molar-refractivity contribution in [2.75, 3.05) is 6.54 Å². The molecule has 0 aliphatic heterocycles. The fourth-order valence-electron chi connectivity index (χ4n) is 2.43. The van der Waals surface area contributed by atoms with Gasteiger partial charge in [-0.3, -0.25) is 4.98 Å². The van der Waals surface area contributed by atoms with Gasteiger partial charge in [0.15, 0.2) is 0 Å². The fraction of sp³-hybridized carbons (Fsp3) is 0.462. The molecule has 1 aliphatic carbocycles. The lowest BCUT2D eigenvalue weighted by molar-refractivity contribution is 0.347. The van der Waals surface area contributed by atoms with E-state index in [9.17, 15) is 8.42 Å². The number of aromatic nitrogens is 1. The van der Waals surface area contributed by atoms with E-state index in [1.54, 1.807) is 22.6 Å². The molecule has 6 heteroatoms. The van der Waals surface area contributed by atoms with Crippen LogP contribution in [0.1, 0.15) is 25.7 Å². The highest BCUT2D eigenvalue weighted by atomic mass is 79.9. The van der Waals surface area contributed by atoms with Crippen LogP contribution in [0.3, 0.4) is 0 Å². The second kappa shape index (κ2) is 6.15. The standard InChI is InChI=1S/C13H17BrN2O2S/c1-2-7-16(12-5-3-4-6-12)19(17,18)13-8-11(14)9-15-10-13/h2,8-10,12H,1,3-7H2. The zero-order valence-electron chi connectivity index (χ0n) is 10.6. The van der Waals surface area contributed by atoms with Crippen molar-refractivity contribution in [2.45, 2.75) is 36.6 Å². The maximum Gasteiger partial charge on any atom is 0.245 e. The molecule has 0 unspecified atom stereocenters. The quantitative estimate of drug-likeness (QED) is 0.771. The average Bonchev–Trinajstić information content (AvgIpc) is 2.89. The zero-order valence-corrected chi connectivity index (χ0v) is 13.0. The Bertz CT molecular complexity index is 554. The molecule has 0 amide bonds. The van der Waals surface area contributed by atoms with Crippen molar-refractivity contribution in [1.29, 1.82) is 0 Å². The molecule has 1 aromatic heterocycles. The van der Waals surface area contributed by atoms with E-state index in [0.29, 0.717) is 11.0 Å². The normalized spacial score (nSPS) is 16.9. The Morgan fingerprint density at radius 2 is 2.11 bits per heavy atom. The van der Waals surface area contributed by atoms with Gasteiger partial charge < -0.3 is 0 Å². The molecule has 1 fully saturated rings. The Hall–Kier alpha value is -0.720. The van der Waals surface area contributed by atoms with Gasteiger partial charge in [-0.1, -0.05) is 18.9 Å². The smallest absolute Gasteiger partial charge is 0.245 e.